The van der Waals surface area contributed by atoms with E-state index in [0.717, 1.165) is 11.1 Å². The van der Waals surface area contributed by atoms with E-state index in [1.54, 1.807) is 6.07 Å². The highest BCUT2D eigenvalue weighted by molar-refractivity contribution is 7.91. The van der Waals surface area contributed by atoms with E-state index in [2.05, 4.69) is 0 Å². The van der Waals surface area contributed by atoms with E-state index in [9.17, 15) is 8.42 Å². The highest BCUT2D eigenvalue weighted by Crippen LogP contribution is 2.34. The minimum absolute atomic E-state index is 0.113. The maximum absolute atomic E-state index is 11.7. The predicted octanol–water partition coefficient (Wildman–Crippen LogP) is 1.04. The summed E-state index contributed by atoms with van der Waals surface area (Å²) in [6, 6.07) is 5.48. The van der Waals surface area contributed by atoms with Crippen molar-refractivity contribution in [2.24, 2.45) is 5.73 Å². The van der Waals surface area contributed by atoms with Crippen molar-refractivity contribution >= 4 is 9.84 Å². The lowest BCUT2D eigenvalue weighted by molar-refractivity contribution is 0.598. The van der Waals surface area contributed by atoms with E-state index in [-0.39, 0.29) is 11.7 Å². The van der Waals surface area contributed by atoms with Crippen LogP contribution in [0.2, 0.25) is 0 Å². The van der Waals surface area contributed by atoms with E-state index in [1.165, 1.54) is 0 Å². The minimum Gasteiger partial charge on any atom is -0.326 e. The number of rotatable bonds is 1. The van der Waals surface area contributed by atoms with Crippen molar-refractivity contribution in [1.82, 2.24) is 0 Å². The van der Waals surface area contributed by atoms with Crippen molar-refractivity contribution in [2.45, 2.75) is 24.3 Å². The minimum atomic E-state index is -3.04. The van der Waals surface area contributed by atoms with Crippen LogP contribution in [-0.2, 0) is 16.4 Å². The molecule has 2 N–H and O–H groups in total. The summed E-state index contributed by atoms with van der Waals surface area (Å²) >= 11 is 0. The summed E-state index contributed by atoms with van der Waals surface area (Å²) in [5.74, 6) is 0.345. The fourth-order valence-electron chi connectivity index (χ4n) is 1.89. The Morgan fingerprint density at radius 2 is 2.21 bits per heavy atom. The summed E-state index contributed by atoms with van der Waals surface area (Å²) in [4.78, 5) is 0.480. The second-order valence-electron chi connectivity index (χ2n) is 3.76. The van der Waals surface area contributed by atoms with Crippen molar-refractivity contribution in [1.29, 1.82) is 0 Å². The van der Waals surface area contributed by atoms with Crippen LogP contribution >= 0.6 is 0 Å². The predicted molar refractivity (Wildman–Crippen MR) is 54.8 cm³/mol. The Hall–Kier alpha value is -0.870. The Morgan fingerprint density at radius 1 is 1.50 bits per heavy atom. The van der Waals surface area contributed by atoms with Crippen LogP contribution in [0.1, 0.15) is 24.0 Å². The third kappa shape index (κ3) is 1.35. The molecule has 3 nitrogen and oxygen atoms in total. The van der Waals surface area contributed by atoms with Crippen LogP contribution in [0.25, 0.3) is 0 Å². The maximum Gasteiger partial charge on any atom is 0.179 e. The van der Waals surface area contributed by atoms with Gasteiger partial charge in [0.1, 0.15) is 0 Å². The average molecular weight is 211 g/mol. The molecule has 76 valence electrons. The van der Waals surface area contributed by atoms with E-state index >= 15 is 0 Å². The van der Waals surface area contributed by atoms with Gasteiger partial charge in [0.25, 0.3) is 0 Å². The molecule has 1 unspecified atom stereocenters. The first-order valence-electron chi connectivity index (χ1n) is 4.60. The van der Waals surface area contributed by atoms with Gasteiger partial charge in [-0.1, -0.05) is 19.1 Å². The van der Waals surface area contributed by atoms with Crippen molar-refractivity contribution < 1.29 is 8.42 Å². The molecular weight excluding hydrogens is 198 g/mol. The van der Waals surface area contributed by atoms with Gasteiger partial charge in [-0.05, 0) is 23.1 Å². The maximum atomic E-state index is 11.7. The molecule has 1 aliphatic rings. The Bertz CT molecular complexity index is 465. The van der Waals surface area contributed by atoms with Gasteiger partial charge >= 0.3 is 0 Å². The van der Waals surface area contributed by atoms with Gasteiger partial charge in [-0.3, -0.25) is 0 Å². The lowest BCUT2D eigenvalue weighted by Gasteiger charge is -2.03. The Kier molecular flexibility index (Phi) is 2.12. The molecule has 2 rings (SSSR count). The molecule has 0 radical (unpaired) electrons. The van der Waals surface area contributed by atoms with Crippen LogP contribution in [0.15, 0.2) is 23.1 Å². The molecule has 14 heavy (non-hydrogen) atoms. The summed E-state index contributed by atoms with van der Waals surface area (Å²) in [5, 5.41) is 0. The number of hydrogen-bond donors (Lipinski definition) is 1. The number of hydrogen-bond acceptors (Lipinski definition) is 3. The van der Waals surface area contributed by atoms with E-state index in [4.69, 9.17) is 5.73 Å². The third-order valence-electron chi connectivity index (χ3n) is 2.65. The van der Waals surface area contributed by atoms with Gasteiger partial charge < -0.3 is 5.73 Å². The summed E-state index contributed by atoms with van der Waals surface area (Å²) in [5.41, 5.74) is 7.28. The average Bonchev–Trinajstić information content (AvgIpc) is 2.37. The molecule has 0 bridgehead atoms. The monoisotopic (exact) mass is 211 g/mol. The lowest BCUT2D eigenvalue weighted by Crippen LogP contribution is -2.02. The Balaban J connectivity index is 2.65. The van der Waals surface area contributed by atoms with Gasteiger partial charge in [0.05, 0.1) is 10.6 Å². The second-order valence-corrected chi connectivity index (χ2v) is 5.76. The fourth-order valence-corrected chi connectivity index (χ4v) is 3.87. The molecule has 0 fully saturated rings. The zero-order valence-corrected chi connectivity index (χ0v) is 8.84. The molecule has 1 atom stereocenters. The van der Waals surface area contributed by atoms with Crippen molar-refractivity contribution in [3.63, 3.8) is 0 Å². The highest BCUT2D eigenvalue weighted by Gasteiger charge is 2.31. The van der Waals surface area contributed by atoms with Crippen LogP contribution in [0.4, 0.5) is 0 Å². The van der Waals surface area contributed by atoms with Crippen LogP contribution in [0.5, 0.6) is 0 Å². The summed E-state index contributed by atoms with van der Waals surface area (Å²) in [6.45, 7) is 2.32. The Morgan fingerprint density at radius 3 is 2.86 bits per heavy atom. The van der Waals surface area contributed by atoms with Crippen LogP contribution in [-0.4, -0.2) is 14.2 Å². The molecule has 0 saturated heterocycles. The SMILES string of the molecule is CC1CS(=O)(=O)c2cc(CN)ccc21. The zero-order chi connectivity index (χ0) is 10.3. The van der Waals surface area contributed by atoms with Crippen molar-refractivity contribution in [2.75, 3.05) is 5.75 Å². The summed E-state index contributed by atoms with van der Waals surface area (Å²) in [7, 11) is -3.04. The quantitative estimate of drug-likeness (QED) is 0.755. The van der Waals surface area contributed by atoms with Crippen molar-refractivity contribution in [3.05, 3.63) is 29.3 Å². The number of nitrogens with two attached hydrogens (primary N) is 1. The van der Waals surface area contributed by atoms with Gasteiger partial charge in [-0.15, -0.1) is 0 Å². The first-order valence-corrected chi connectivity index (χ1v) is 6.25. The van der Waals surface area contributed by atoms with E-state index in [0.29, 0.717) is 11.4 Å². The second kappa shape index (κ2) is 3.07. The number of sulfone groups is 1. The van der Waals surface area contributed by atoms with Crippen LogP contribution < -0.4 is 5.73 Å². The molecule has 0 aromatic heterocycles. The molecule has 1 aromatic carbocycles. The van der Waals surface area contributed by atoms with Gasteiger partial charge in [0.15, 0.2) is 9.84 Å². The third-order valence-corrected chi connectivity index (χ3v) is 4.61. The molecule has 0 spiro atoms. The number of fused-ring (bicyclic) bond motifs is 1. The standard InChI is InChI=1S/C10H13NO2S/c1-7-6-14(12,13)10-4-8(5-11)2-3-9(7)10/h2-4,7H,5-6,11H2,1H3. The molecule has 1 aromatic rings. The first-order chi connectivity index (χ1) is 6.54. The molecule has 0 amide bonds. The normalized spacial score (nSPS) is 23.4. The van der Waals surface area contributed by atoms with Gasteiger partial charge in [-0.2, -0.15) is 0 Å². The first kappa shape index (κ1) is 9.68. The lowest BCUT2D eigenvalue weighted by atomic mass is 10.0. The van der Waals surface area contributed by atoms with E-state index < -0.39 is 9.84 Å². The molecular formula is C10H13NO2S. The van der Waals surface area contributed by atoms with E-state index in [1.807, 2.05) is 19.1 Å². The largest absolute Gasteiger partial charge is 0.326 e. The molecule has 1 aliphatic heterocycles. The smallest absolute Gasteiger partial charge is 0.179 e. The molecule has 1 heterocycles. The zero-order valence-electron chi connectivity index (χ0n) is 8.03. The van der Waals surface area contributed by atoms with Gasteiger partial charge in [-0.25, -0.2) is 8.42 Å². The topological polar surface area (TPSA) is 60.2 Å². The summed E-state index contributed by atoms with van der Waals surface area (Å²) < 4.78 is 23.4. The molecule has 4 heteroatoms. The van der Waals surface area contributed by atoms with Gasteiger partial charge in [0.2, 0.25) is 0 Å². The summed E-state index contributed by atoms with van der Waals surface area (Å²) in [6.07, 6.45) is 0. The highest BCUT2D eigenvalue weighted by atomic mass is 32.2. The van der Waals surface area contributed by atoms with Gasteiger partial charge in [0, 0.05) is 6.54 Å². The Labute approximate surface area is 83.9 Å². The fraction of sp³-hybridized carbons (Fsp3) is 0.400. The molecule has 0 aliphatic carbocycles. The molecule has 0 saturated carbocycles. The number of benzene rings is 1. The van der Waals surface area contributed by atoms with Crippen LogP contribution in [0, 0.1) is 0 Å². The van der Waals surface area contributed by atoms with Crippen molar-refractivity contribution in [3.8, 4) is 0 Å². The van der Waals surface area contributed by atoms with Crippen LogP contribution in [0.3, 0.4) is 0 Å².